The molecule has 4 rings (SSSR count). The number of allylic oxidation sites excluding steroid dienone is 3. The number of hydrogen-bond donors (Lipinski definition) is 2. The number of pyridine rings is 1. The van der Waals surface area contributed by atoms with E-state index in [0.29, 0.717) is 18.5 Å². The van der Waals surface area contributed by atoms with Gasteiger partial charge in [0.25, 0.3) is 5.91 Å². The van der Waals surface area contributed by atoms with Crippen molar-refractivity contribution < 1.29 is 14.3 Å². The smallest absolute Gasteiger partial charge is 0.407 e. The van der Waals surface area contributed by atoms with Crippen molar-refractivity contribution in [2.24, 2.45) is 5.92 Å². The van der Waals surface area contributed by atoms with Crippen LogP contribution >= 0.6 is 0 Å². The van der Waals surface area contributed by atoms with Crippen LogP contribution in [0.1, 0.15) is 35.0 Å². The van der Waals surface area contributed by atoms with Crippen LogP contribution in [-0.2, 0) is 17.7 Å². The Hall–Kier alpha value is -4.19. The van der Waals surface area contributed by atoms with E-state index in [1.54, 1.807) is 6.20 Å². The summed E-state index contributed by atoms with van der Waals surface area (Å²) in [5, 5.41) is 5.87. The minimum absolute atomic E-state index is 0.146. The van der Waals surface area contributed by atoms with Crippen molar-refractivity contribution in [2.45, 2.75) is 32.4 Å². The summed E-state index contributed by atoms with van der Waals surface area (Å²) in [5.41, 5.74) is 4.11. The Labute approximate surface area is 212 Å². The number of amides is 2. The fourth-order valence-electron chi connectivity index (χ4n) is 4.21. The Morgan fingerprint density at radius 1 is 0.972 bits per heavy atom. The van der Waals surface area contributed by atoms with Gasteiger partial charge in [-0.3, -0.25) is 9.78 Å². The Morgan fingerprint density at radius 2 is 1.75 bits per heavy atom. The number of nitrogens with zero attached hydrogens (tertiary/aromatic N) is 1. The average molecular weight is 482 g/mol. The molecule has 3 aromatic rings. The number of alkyl carbamates (subject to hydrolysis) is 1. The Balaban J connectivity index is 1.40. The summed E-state index contributed by atoms with van der Waals surface area (Å²) in [4.78, 5) is 29.8. The molecule has 2 N–H and O–H groups in total. The van der Waals surface area contributed by atoms with Crippen LogP contribution < -0.4 is 10.6 Å². The van der Waals surface area contributed by atoms with E-state index in [1.807, 2.05) is 85.8 Å². The normalized spacial score (nSPS) is 15.2. The lowest BCUT2D eigenvalue weighted by Gasteiger charge is -2.22. The van der Waals surface area contributed by atoms with Crippen LogP contribution in [0.3, 0.4) is 0 Å². The molecule has 2 atom stereocenters. The summed E-state index contributed by atoms with van der Waals surface area (Å²) in [6.45, 7) is 2.69. The maximum absolute atomic E-state index is 13.0. The first-order valence-electron chi connectivity index (χ1n) is 12.2. The van der Waals surface area contributed by atoms with Gasteiger partial charge in [0.1, 0.15) is 6.10 Å². The molecule has 1 heterocycles. The highest BCUT2D eigenvalue weighted by Crippen LogP contribution is 2.27. The molecule has 1 aliphatic rings. The van der Waals surface area contributed by atoms with Gasteiger partial charge in [-0.1, -0.05) is 72.8 Å². The minimum Gasteiger partial charge on any atom is -0.446 e. The van der Waals surface area contributed by atoms with Gasteiger partial charge in [-0.25, -0.2) is 4.79 Å². The zero-order valence-electron chi connectivity index (χ0n) is 20.4. The molecule has 36 heavy (non-hydrogen) atoms. The van der Waals surface area contributed by atoms with Crippen LogP contribution in [0.4, 0.5) is 4.79 Å². The van der Waals surface area contributed by atoms with Crippen molar-refractivity contribution in [1.82, 2.24) is 15.6 Å². The van der Waals surface area contributed by atoms with E-state index in [2.05, 4.69) is 27.8 Å². The summed E-state index contributed by atoms with van der Waals surface area (Å²) in [7, 11) is 0. The Morgan fingerprint density at radius 3 is 2.53 bits per heavy atom. The molecular formula is C30H31N3O3. The van der Waals surface area contributed by atoms with Gasteiger partial charge in [-0.2, -0.15) is 0 Å². The van der Waals surface area contributed by atoms with Crippen molar-refractivity contribution in [3.8, 4) is 11.1 Å². The molecule has 1 aliphatic carbocycles. The number of nitrogens with one attached hydrogen (secondary N) is 2. The molecule has 6 nitrogen and oxygen atoms in total. The number of rotatable bonds is 9. The highest BCUT2D eigenvalue weighted by molar-refractivity contribution is 6.01. The zero-order chi connectivity index (χ0) is 25.2. The van der Waals surface area contributed by atoms with Gasteiger partial charge < -0.3 is 15.4 Å². The molecule has 0 saturated heterocycles. The molecule has 184 valence electrons. The summed E-state index contributed by atoms with van der Waals surface area (Å²) < 4.78 is 5.60. The molecule has 2 amide bonds. The summed E-state index contributed by atoms with van der Waals surface area (Å²) in [6, 6.07) is 21.0. The molecule has 0 aliphatic heterocycles. The summed E-state index contributed by atoms with van der Waals surface area (Å²) in [6.07, 6.45) is 10.7. The fraction of sp³-hybridized carbons (Fsp3) is 0.233. The fourth-order valence-corrected chi connectivity index (χ4v) is 4.21. The van der Waals surface area contributed by atoms with Gasteiger partial charge in [-0.15, -0.1) is 0 Å². The predicted octanol–water partition coefficient (Wildman–Crippen LogP) is 5.47. The summed E-state index contributed by atoms with van der Waals surface area (Å²) >= 11 is 0. The molecule has 0 unspecified atom stereocenters. The molecule has 0 saturated carbocycles. The van der Waals surface area contributed by atoms with E-state index in [9.17, 15) is 9.59 Å². The number of hydrogen-bond acceptors (Lipinski definition) is 4. The molecular weight excluding hydrogens is 450 g/mol. The van der Waals surface area contributed by atoms with Gasteiger partial charge in [0.05, 0.1) is 0 Å². The predicted molar refractivity (Wildman–Crippen MR) is 141 cm³/mol. The maximum atomic E-state index is 13.0. The zero-order valence-corrected chi connectivity index (χ0v) is 20.4. The van der Waals surface area contributed by atoms with Crippen LogP contribution in [0.25, 0.3) is 11.1 Å². The van der Waals surface area contributed by atoms with E-state index in [1.165, 1.54) is 0 Å². The lowest BCUT2D eigenvalue weighted by molar-refractivity contribution is 0.0845. The van der Waals surface area contributed by atoms with Gasteiger partial charge in [-0.05, 0) is 48.2 Å². The number of ether oxygens (including phenoxy) is 1. The van der Waals surface area contributed by atoms with E-state index in [0.717, 1.165) is 28.8 Å². The molecule has 6 heteroatoms. The number of aromatic nitrogens is 1. The molecule has 0 fully saturated rings. The van der Waals surface area contributed by atoms with Crippen LogP contribution in [-0.4, -0.2) is 29.6 Å². The lowest BCUT2D eigenvalue weighted by Crippen LogP contribution is -2.31. The second-order valence-electron chi connectivity index (χ2n) is 8.71. The van der Waals surface area contributed by atoms with Crippen molar-refractivity contribution >= 4 is 12.0 Å². The Bertz CT molecular complexity index is 1240. The first-order valence-corrected chi connectivity index (χ1v) is 12.2. The van der Waals surface area contributed by atoms with E-state index >= 15 is 0 Å². The monoisotopic (exact) mass is 481 g/mol. The Kier molecular flexibility index (Phi) is 8.65. The third-order valence-corrected chi connectivity index (χ3v) is 6.20. The summed E-state index contributed by atoms with van der Waals surface area (Å²) in [5.74, 6) is 0.0308. The third-order valence-electron chi connectivity index (χ3n) is 6.20. The van der Waals surface area contributed by atoms with Crippen LogP contribution in [0.15, 0.2) is 97.2 Å². The van der Waals surface area contributed by atoms with E-state index in [-0.39, 0.29) is 24.5 Å². The topological polar surface area (TPSA) is 80.3 Å². The number of carbonyl (C=O) groups is 2. The number of benzene rings is 2. The maximum Gasteiger partial charge on any atom is 0.407 e. The largest absolute Gasteiger partial charge is 0.446 e. The quantitative estimate of drug-likeness (QED) is 0.425. The molecule has 0 bridgehead atoms. The SMILES string of the molecule is C[C@H](OC(=O)NCc1ccccc1-c1ccccc1C(=O)NCCc1ccccn1)[C@@H]1C=CC=CC1. The first-order chi connectivity index (χ1) is 17.6. The lowest BCUT2D eigenvalue weighted by atomic mass is 9.95. The number of carbonyl (C=O) groups excluding carboxylic acids is 2. The first kappa shape index (κ1) is 24.9. The average Bonchev–Trinajstić information content (AvgIpc) is 2.93. The van der Waals surface area contributed by atoms with Crippen LogP contribution in [0.2, 0.25) is 0 Å². The van der Waals surface area contributed by atoms with Crippen molar-refractivity contribution in [3.05, 3.63) is 114 Å². The van der Waals surface area contributed by atoms with E-state index < -0.39 is 6.09 Å². The van der Waals surface area contributed by atoms with Crippen molar-refractivity contribution in [1.29, 1.82) is 0 Å². The van der Waals surface area contributed by atoms with Crippen LogP contribution in [0.5, 0.6) is 0 Å². The highest BCUT2D eigenvalue weighted by atomic mass is 16.6. The highest BCUT2D eigenvalue weighted by Gasteiger charge is 2.19. The minimum atomic E-state index is -0.458. The standard InChI is InChI=1S/C30H31N3O3/c1-22(23-11-3-2-4-12-23)36-30(35)33-21-24-13-5-6-15-26(24)27-16-7-8-17-28(27)29(34)32-20-18-25-14-9-10-19-31-25/h2-11,13-17,19,22-23H,12,18,20-21H2,1H3,(H,32,34)(H,33,35)/t22-,23+/m0/s1. The second kappa shape index (κ2) is 12.5. The van der Waals surface area contributed by atoms with E-state index in [4.69, 9.17) is 4.74 Å². The van der Waals surface area contributed by atoms with Gasteiger partial charge in [0, 0.05) is 42.9 Å². The molecule has 0 spiro atoms. The van der Waals surface area contributed by atoms with Gasteiger partial charge in [0.2, 0.25) is 0 Å². The van der Waals surface area contributed by atoms with Crippen molar-refractivity contribution in [2.75, 3.05) is 6.54 Å². The molecule has 2 aromatic carbocycles. The second-order valence-corrected chi connectivity index (χ2v) is 8.71. The van der Waals surface area contributed by atoms with Crippen LogP contribution in [0, 0.1) is 5.92 Å². The van der Waals surface area contributed by atoms with Gasteiger partial charge in [0.15, 0.2) is 0 Å². The molecule has 1 aromatic heterocycles. The molecule has 0 radical (unpaired) electrons. The van der Waals surface area contributed by atoms with Gasteiger partial charge >= 0.3 is 6.09 Å². The van der Waals surface area contributed by atoms with Crippen molar-refractivity contribution in [3.63, 3.8) is 0 Å². The third kappa shape index (κ3) is 6.69.